The fourth-order valence-corrected chi connectivity index (χ4v) is 3.56. The highest BCUT2D eigenvalue weighted by Crippen LogP contribution is 2.26. The topological polar surface area (TPSA) is 24.9 Å². The van der Waals surface area contributed by atoms with Gasteiger partial charge in [0.05, 0.1) is 4.88 Å². The molecule has 0 unspecified atom stereocenters. The van der Waals surface area contributed by atoms with Crippen LogP contribution in [0.2, 0.25) is 5.02 Å². The zero-order valence-electron chi connectivity index (χ0n) is 13.1. The lowest BCUT2D eigenvalue weighted by Gasteiger charge is -2.04. The molecule has 1 aromatic heterocycles. The van der Waals surface area contributed by atoms with E-state index in [0.29, 0.717) is 0 Å². The third-order valence-corrected chi connectivity index (χ3v) is 5.08. The zero-order chi connectivity index (χ0) is 16.1. The lowest BCUT2D eigenvalue weighted by Crippen LogP contribution is -2.16. The highest BCUT2D eigenvalue weighted by atomic mass is 35.5. The third kappa shape index (κ3) is 4.41. The van der Waals surface area contributed by atoms with Gasteiger partial charge in [-0.15, -0.1) is 11.3 Å². The average Bonchev–Trinajstić information content (AvgIpc) is 3.02. The van der Waals surface area contributed by atoms with Crippen LogP contribution in [0.4, 0.5) is 0 Å². The Balaban J connectivity index is 1.53. The Morgan fingerprint density at radius 2 is 2.00 bits per heavy atom. The molecule has 118 valence electrons. The number of aryl methyl sites for hydroxylation is 1. The van der Waals surface area contributed by atoms with E-state index in [0.717, 1.165) is 29.5 Å². The van der Waals surface area contributed by atoms with Crippen LogP contribution in [0.1, 0.15) is 16.1 Å². The first-order valence-corrected chi connectivity index (χ1v) is 8.88. The number of hydrogen-bond donors (Lipinski definition) is 1. The highest BCUT2D eigenvalue weighted by molar-refractivity contribution is 7.15. The molecule has 0 radical (unpaired) electrons. The smallest absolute Gasteiger partial charge is 0.107 e. The molecule has 3 rings (SSSR count). The fraction of sp³-hybridized carbons (Fsp3) is 0.211. The van der Waals surface area contributed by atoms with Crippen molar-refractivity contribution in [3.8, 4) is 10.4 Å². The van der Waals surface area contributed by atoms with Crippen LogP contribution in [0.25, 0.3) is 10.4 Å². The van der Waals surface area contributed by atoms with Crippen LogP contribution in [0.5, 0.6) is 0 Å². The predicted octanol–water partition coefficient (Wildman–Crippen LogP) is 5.10. The first kappa shape index (κ1) is 16.2. The normalized spacial score (nSPS) is 10.9. The van der Waals surface area contributed by atoms with Gasteiger partial charge in [0.2, 0.25) is 0 Å². The fourth-order valence-electron chi connectivity index (χ4n) is 2.44. The first-order valence-electron chi connectivity index (χ1n) is 7.68. The van der Waals surface area contributed by atoms with E-state index in [1.807, 2.05) is 24.4 Å². The van der Waals surface area contributed by atoms with Crippen molar-refractivity contribution in [3.05, 3.63) is 75.9 Å². The summed E-state index contributed by atoms with van der Waals surface area (Å²) >= 11 is 7.91. The Bertz CT molecular complexity index is 782. The Hall–Kier alpha value is -1.68. The van der Waals surface area contributed by atoms with E-state index in [2.05, 4.69) is 47.6 Å². The summed E-state index contributed by atoms with van der Waals surface area (Å²) in [5, 5.41) is 5.39. The molecule has 0 saturated heterocycles. The van der Waals surface area contributed by atoms with E-state index in [9.17, 15) is 0 Å². The SMILES string of the molecule is Cc1cccc(-c2cnc(CNCCc3ccccc3Cl)s2)c1. The summed E-state index contributed by atoms with van der Waals surface area (Å²) in [6, 6.07) is 16.5. The van der Waals surface area contributed by atoms with Gasteiger partial charge in [0.15, 0.2) is 0 Å². The van der Waals surface area contributed by atoms with Gasteiger partial charge < -0.3 is 5.32 Å². The number of halogens is 1. The van der Waals surface area contributed by atoms with Crippen molar-refractivity contribution < 1.29 is 0 Å². The van der Waals surface area contributed by atoms with Crippen molar-refractivity contribution in [2.24, 2.45) is 0 Å². The number of hydrogen-bond acceptors (Lipinski definition) is 3. The Kier molecular flexibility index (Phi) is 5.44. The minimum atomic E-state index is 0.793. The van der Waals surface area contributed by atoms with Crippen LogP contribution in [0.3, 0.4) is 0 Å². The second kappa shape index (κ2) is 7.73. The second-order valence-corrected chi connectivity index (χ2v) is 7.03. The van der Waals surface area contributed by atoms with Crippen LogP contribution in [-0.4, -0.2) is 11.5 Å². The van der Waals surface area contributed by atoms with Gasteiger partial charge in [0.1, 0.15) is 5.01 Å². The van der Waals surface area contributed by atoms with Crippen LogP contribution >= 0.6 is 22.9 Å². The minimum Gasteiger partial charge on any atom is -0.310 e. The van der Waals surface area contributed by atoms with E-state index in [-0.39, 0.29) is 0 Å². The summed E-state index contributed by atoms with van der Waals surface area (Å²) in [5.41, 5.74) is 3.70. The van der Waals surface area contributed by atoms with Crippen LogP contribution in [0.15, 0.2) is 54.7 Å². The van der Waals surface area contributed by atoms with Gasteiger partial charge in [0, 0.05) is 17.8 Å². The Labute approximate surface area is 146 Å². The van der Waals surface area contributed by atoms with Gasteiger partial charge in [-0.2, -0.15) is 0 Å². The largest absolute Gasteiger partial charge is 0.310 e. The van der Waals surface area contributed by atoms with E-state index < -0.39 is 0 Å². The zero-order valence-corrected chi connectivity index (χ0v) is 14.6. The molecule has 0 aliphatic rings. The molecule has 0 fully saturated rings. The van der Waals surface area contributed by atoms with E-state index in [1.165, 1.54) is 21.6 Å². The highest BCUT2D eigenvalue weighted by Gasteiger charge is 2.05. The maximum atomic E-state index is 6.17. The van der Waals surface area contributed by atoms with Gasteiger partial charge in [-0.3, -0.25) is 0 Å². The van der Waals surface area contributed by atoms with Crippen LogP contribution < -0.4 is 5.32 Å². The monoisotopic (exact) mass is 342 g/mol. The summed E-state index contributed by atoms with van der Waals surface area (Å²) in [4.78, 5) is 5.73. The van der Waals surface area contributed by atoms with E-state index in [1.54, 1.807) is 11.3 Å². The molecule has 0 atom stereocenters. The quantitative estimate of drug-likeness (QED) is 0.630. The molecule has 0 amide bonds. The molecule has 4 heteroatoms. The molecule has 2 aromatic carbocycles. The molecule has 2 nitrogen and oxygen atoms in total. The maximum Gasteiger partial charge on any atom is 0.107 e. The lowest BCUT2D eigenvalue weighted by atomic mass is 10.1. The summed E-state index contributed by atoms with van der Waals surface area (Å²) in [6.07, 6.45) is 2.89. The maximum absolute atomic E-state index is 6.17. The first-order chi connectivity index (χ1) is 11.2. The second-order valence-electron chi connectivity index (χ2n) is 5.51. The predicted molar refractivity (Wildman–Crippen MR) is 99.1 cm³/mol. The number of nitrogens with one attached hydrogen (secondary N) is 1. The summed E-state index contributed by atoms with van der Waals surface area (Å²) < 4.78 is 0. The van der Waals surface area contributed by atoms with E-state index >= 15 is 0 Å². The minimum absolute atomic E-state index is 0.793. The molecule has 3 aromatic rings. The number of benzene rings is 2. The van der Waals surface area contributed by atoms with Crippen molar-refractivity contribution in [2.75, 3.05) is 6.54 Å². The summed E-state index contributed by atoms with van der Waals surface area (Å²) in [6.45, 7) is 3.80. The third-order valence-electron chi connectivity index (χ3n) is 3.66. The molecule has 1 N–H and O–H groups in total. The number of rotatable bonds is 6. The molecule has 0 saturated carbocycles. The number of nitrogens with zero attached hydrogens (tertiary/aromatic N) is 1. The number of thiazole rings is 1. The Morgan fingerprint density at radius 3 is 2.83 bits per heavy atom. The van der Waals surface area contributed by atoms with Crippen LogP contribution in [0, 0.1) is 6.92 Å². The molecule has 0 bridgehead atoms. The van der Waals surface area contributed by atoms with Gasteiger partial charge in [0.25, 0.3) is 0 Å². The van der Waals surface area contributed by atoms with Crippen molar-refractivity contribution >= 4 is 22.9 Å². The standard InChI is InChI=1S/C19H19ClN2S/c1-14-5-4-7-16(11-14)18-12-22-19(23-18)13-21-10-9-15-6-2-3-8-17(15)20/h2-8,11-12,21H,9-10,13H2,1H3. The van der Waals surface area contributed by atoms with Gasteiger partial charge in [-0.1, -0.05) is 59.6 Å². The Morgan fingerprint density at radius 1 is 1.13 bits per heavy atom. The van der Waals surface area contributed by atoms with Crippen LogP contribution in [-0.2, 0) is 13.0 Å². The molecule has 0 spiro atoms. The summed E-state index contributed by atoms with van der Waals surface area (Å²) in [7, 11) is 0. The lowest BCUT2D eigenvalue weighted by molar-refractivity contribution is 0.684. The summed E-state index contributed by atoms with van der Waals surface area (Å²) in [5.74, 6) is 0. The van der Waals surface area contributed by atoms with Crippen molar-refractivity contribution in [2.45, 2.75) is 19.9 Å². The number of aromatic nitrogens is 1. The molecule has 0 aliphatic carbocycles. The molecule has 1 heterocycles. The molecular formula is C19H19ClN2S. The van der Waals surface area contributed by atoms with E-state index in [4.69, 9.17) is 11.6 Å². The van der Waals surface area contributed by atoms with Gasteiger partial charge in [-0.25, -0.2) is 4.98 Å². The van der Waals surface area contributed by atoms with Gasteiger partial charge in [-0.05, 0) is 37.1 Å². The molecular weight excluding hydrogens is 324 g/mol. The van der Waals surface area contributed by atoms with Gasteiger partial charge >= 0.3 is 0 Å². The van der Waals surface area contributed by atoms with Crippen molar-refractivity contribution in [3.63, 3.8) is 0 Å². The van der Waals surface area contributed by atoms with Crippen molar-refractivity contribution in [1.29, 1.82) is 0 Å². The van der Waals surface area contributed by atoms with Crippen molar-refractivity contribution in [1.82, 2.24) is 10.3 Å². The molecule has 0 aliphatic heterocycles. The average molecular weight is 343 g/mol. The molecule has 23 heavy (non-hydrogen) atoms.